The van der Waals surface area contributed by atoms with Crippen molar-refractivity contribution in [3.8, 4) is 0 Å². The van der Waals surface area contributed by atoms with Crippen molar-refractivity contribution in [2.45, 2.75) is 31.9 Å². The first-order chi connectivity index (χ1) is 17.5. The van der Waals surface area contributed by atoms with E-state index in [-0.39, 0.29) is 12.0 Å². The second kappa shape index (κ2) is 12.0. The van der Waals surface area contributed by atoms with Gasteiger partial charge in [0.05, 0.1) is 18.6 Å². The second-order valence-corrected chi connectivity index (χ2v) is 8.89. The molecular weight excluding hydrogens is 458 g/mol. The first kappa shape index (κ1) is 25.6. The lowest BCUT2D eigenvalue weighted by Crippen LogP contribution is -2.48. The van der Waals surface area contributed by atoms with Crippen LogP contribution in [-0.2, 0) is 20.8 Å². The van der Waals surface area contributed by atoms with Crippen LogP contribution in [0, 0.1) is 0 Å². The summed E-state index contributed by atoms with van der Waals surface area (Å²) in [5, 5.41) is 5.63. The zero-order valence-corrected chi connectivity index (χ0v) is 21.1. The van der Waals surface area contributed by atoms with E-state index in [1.54, 1.807) is 14.2 Å². The van der Waals surface area contributed by atoms with Crippen LogP contribution in [0.15, 0.2) is 49.0 Å². The van der Waals surface area contributed by atoms with E-state index in [0.29, 0.717) is 11.6 Å². The molecule has 1 aliphatic carbocycles. The highest BCUT2D eigenvalue weighted by Crippen LogP contribution is 2.30. The van der Waals surface area contributed by atoms with Gasteiger partial charge in [-0.3, -0.25) is 9.69 Å². The van der Waals surface area contributed by atoms with Gasteiger partial charge in [0.15, 0.2) is 5.65 Å². The van der Waals surface area contributed by atoms with Crippen LogP contribution in [-0.4, -0.2) is 88.5 Å². The summed E-state index contributed by atoms with van der Waals surface area (Å²) in [5.41, 5.74) is 8.59. The van der Waals surface area contributed by atoms with Crippen molar-refractivity contribution >= 4 is 28.3 Å². The molecule has 36 heavy (non-hydrogen) atoms. The summed E-state index contributed by atoms with van der Waals surface area (Å²) in [6, 6.07) is 0. The summed E-state index contributed by atoms with van der Waals surface area (Å²) in [7, 11) is 3.29. The Morgan fingerprint density at radius 3 is 2.67 bits per heavy atom. The van der Waals surface area contributed by atoms with E-state index in [2.05, 4.69) is 21.4 Å². The standard InChI is InChI=1S/C26H35N7O3/c1-4-22(34)32-14-12-31(13-15-32)10-6-5-7-11-33-26-23(25(27)28-18-29-26)24(30-33)19-8-9-20(35-2)17-21(16-19)36-3/h4,8-9,16-18,20H,1,5-7,10-15H2,2-3H3,(H2,27,28,29). The Labute approximate surface area is 211 Å². The van der Waals surface area contributed by atoms with Crippen LogP contribution in [0.2, 0.25) is 0 Å². The quantitative estimate of drug-likeness (QED) is 0.397. The number of carbonyl (C=O) groups excluding carboxylic acids is 1. The molecule has 1 amide bonds. The number of allylic oxidation sites excluding steroid dienone is 3. The number of nitrogens with two attached hydrogens (primary N) is 1. The Kier molecular flexibility index (Phi) is 8.50. The third-order valence-electron chi connectivity index (χ3n) is 6.63. The number of amides is 1. The Bertz CT molecular complexity index is 1180. The van der Waals surface area contributed by atoms with E-state index in [0.717, 1.165) is 80.8 Å². The van der Waals surface area contributed by atoms with Gasteiger partial charge >= 0.3 is 0 Å². The van der Waals surface area contributed by atoms with Crippen LogP contribution in [0.1, 0.15) is 25.0 Å². The SMILES string of the molecule is C=CC(=O)N1CCN(CCCCCn2nc(C3=CC(OC)=CC(OC)C=C3)c3c(N)ncnc32)CC1. The zero-order valence-electron chi connectivity index (χ0n) is 21.1. The highest BCUT2D eigenvalue weighted by Gasteiger charge is 2.20. The number of unbranched alkanes of at least 4 members (excludes halogenated alkanes) is 2. The number of methoxy groups -OCH3 is 2. The third-order valence-corrected chi connectivity index (χ3v) is 6.63. The summed E-state index contributed by atoms with van der Waals surface area (Å²) >= 11 is 0. The minimum Gasteiger partial charge on any atom is -0.497 e. The van der Waals surface area contributed by atoms with E-state index in [4.69, 9.17) is 20.3 Å². The minimum absolute atomic E-state index is 0.0213. The van der Waals surface area contributed by atoms with Crippen molar-refractivity contribution in [3.63, 3.8) is 0 Å². The second-order valence-electron chi connectivity index (χ2n) is 8.89. The fourth-order valence-electron chi connectivity index (χ4n) is 4.57. The van der Waals surface area contributed by atoms with E-state index >= 15 is 0 Å². The molecule has 2 aromatic rings. The fraction of sp³-hybridized carbons (Fsp3) is 0.462. The molecule has 1 saturated heterocycles. The van der Waals surface area contributed by atoms with Crippen molar-refractivity contribution < 1.29 is 14.3 Å². The summed E-state index contributed by atoms with van der Waals surface area (Å²) in [6.07, 6.45) is 13.6. The van der Waals surface area contributed by atoms with Gasteiger partial charge in [0.1, 0.15) is 23.6 Å². The Morgan fingerprint density at radius 1 is 1.17 bits per heavy atom. The normalized spacial score (nSPS) is 18.6. The summed E-state index contributed by atoms with van der Waals surface area (Å²) in [5.74, 6) is 1.11. The average Bonchev–Trinajstić information content (AvgIpc) is 3.14. The maximum absolute atomic E-state index is 11.7. The van der Waals surface area contributed by atoms with Gasteiger partial charge in [0, 0.05) is 45.4 Å². The maximum Gasteiger partial charge on any atom is 0.246 e. The predicted octanol–water partition coefficient (Wildman–Crippen LogP) is 2.41. The Balaban J connectivity index is 1.39. The number of ether oxygens (including phenoxy) is 2. The minimum atomic E-state index is -0.193. The van der Waals surface area contributed by atoms with Crippen molar-refractivity contribution in [3.05, 3.63) is 54.7 Å². The maximum atomic E-state index is 11.7. The molecule has 1 atom stereocenters. The molecule has 0 radical (unpaired) electrons. The number of nitrogen functional groups attached to an aromatic ring is 1. The van der Waals surface area contributed by atoms with Crippen molar-refractivity contribution in [1.82, 2.24) is 29.5 Å². The molecule has 0 saturated carbocycles. The molecule has 10 heteroatoms. The lowest BCUT2D eigenvalue weighted by molar-refractivity contribution is -0.127. The molecule has 0 bridgehead atoms. The molecule has 192 valence electrons. The number of piperazine rings is 1. The first-order valence-corrected chi connectivity index (χ1v) is 12.3. The van der Waals surface area contributed by atoms with Gasteiger partial charge in [0.2, 0.25) is 5.91 Å². The number of nitrogens with zero attached hydrogens (tertiary/aromatic N) is 6. The van der Waals surface area contributed by atoms with Crippen molar-refractivity contribution in [2.75, 3.05) is 52.7 Å². The van der Waals surface area contributed by atoms with Crippen LogP contribution in [0.3, 0.4) is 0 Å². The molecule has 2 aromatic heterocycles. The van der Waals surface area contributed by atoms with Crippen LogP contribution >= 0.6 is 0 Å². The van der Waals surface area contributed by atoms with Crippen molar-refractivity contribution in [1.29, 1.82) is 0 Å². The summed E-state index contributed by atoms with van der Waals surface area (Å²) < 4.78 is 12.9. The van der Waals surface area contributed by atoms with Crippen LogP contribution in [0.5, 0.6) is 0 Å². The van der Waals surface area contributed by atoms with E-state index in [1.807, 2.05) is 33.9 Å². The van der Waals surface area contributed by atoms with E-state index in [9.17, 15) is 4.79 Å². The average molecular weight is 494 g/mol. The topological polar surface area (TPSA) is 112 Å². The fourth-order valence-corrected chi connectivity index (χ4v) is 4.57. The monoisotopic (exact) mass is 493 g/mol. The lowest BCUT2D eigenvalue weighted by atomic mass is 10.1. The molecule has 2 N–H and O–H groups in total. The van der Waals surface area contributed by atoms with Crippen LogP contribution in [0.4, 0.5) is 5.82 Å². The summed E-state index contributed by atoms with van der Waals surface area (Å²) in [4.78, 5) is 24.7. The molecular formula is C26H35N7O3. The number of hydrogen-bond acceptors (Lipinski definition) is 8. The summed E-state index contributed by atoms with van der Waals surface area (Å²) in [6.45, 7) is 8.69. The van der Waals surface area contributed by atoms with Crippen LogP contribution in [0.25, 0.3) is 16.6 Å². The number of hydrogen-bond donors (Lipinski definition) is 1. The van der Waals surface area contributed by atoms with Gasteiger partial charge in [-0.2, -0.15) is 5.10 Å². The molecule has 0 aromatic carbocycles. The van der Waals surface area contributed by atoms with E-state index < -0.39 is 0 Å². The molecule has 1 aliphatic heterocycles. The molecule has 2 aliphatic rings. The highest BCUT2D eigenvalue weighted by molar-refractivity contribution is 5.98. The van der Waals surface area contributed by atoms with Crippen molar-refractivity contribution in [2.24, 2.45) is 0 Å². The molecule has 10 nitrogen and oxygen atoms in total. The smallest absolute Gasteiger partial charge is 0.246 e. The molecule has 4 rings (SSSR count). The first-order valence-electron chi connectivity index (χ1n) is 12.3. The Hall–Kier alpha value is -3.50. The van der Waals surface area contributed by atoms with Gasteiger partial charge in [-0.15, -0.1) is 0 Å². The van der Waals surface area contributed by atoms with Gasteiger partial charge < -0.3 is 20.1 Å². The van der Waals surface area contributed by atoms with Gasteiger partial charge in [-0.25, -0.2) is 14.6 Å². The predicted molar refractivity (Wildman–Crippen MR) is 140 cm³/mol. The Morgan fingerprint density at radius 2 is 1.94 bits per heavy atom. The number of anilines is 1. The largest absolute Gasteiger partial charge is 0.497 e. The van der Waals surface area contributed by atoms with Gasteiger partial charge in [0.25, 0.3) is 0 Å². The number of carbonyl (C=O) groups is 1. The molecule has 1 fully saturated rings. The zero-order chi connectivity index (χ0) is 25.5. The number of fused-ring (bicyclic) bond motifs is 1. The van der Waals surface area contributed by atoms with Gasteiger partial charge in [-0.05, 0) is 37.6 Å². The third kappa shape index (κ3) is 5.83. The highest BCUT2D eigenvalue weighted by atomic mass is 16.5. The molecule has 1 unspecified atom stereocenters. The van der Waals surface area contributed by atoms with E-state index in [1.165, 1.54) is 12.4 Å². The van der Waals surface area contributed by atoms with Crippen LogP contribution < -0.4 is 5.73 Å². The number of aryl methyl sites for hydroxylation is 1. The molecule has 3 heterocycles. The lowest BCUT2D eigenvalue weighted by Gasteiger charge is -2.34. The van der Waals surface area contributed by atoms with Gasteiger partial charge in [-0.1, -0.05) is 25.2 Å². The number of aromatic nitrogens is 4. The number of rotatable bonds is 10. The molecule has 0 spiro atoms.